The molecule has 5 nitrogen and oxygen atoms in total. The molecule has 100 valence electrons. The number of nitrogens with zero attached hydrogens (tertiary/aromatic N) is 3. The lowest BCUT2D eigenvalue weighted by atomic mass is 10.3. The van der Waals surface area contributed by atoms with Crippen LogP contribution in [-0.4, -0.2) is 21.1 Å². The van der Waals surface area contributed by atoms with Crippen LogP contribution in [0.3, 0.4) is 0 Å². The van der Waals surface area contributed by atoms with Gasteiger partial charge in [-0.2, -0.15) is 0 Å². The Balaban J connectivity index is 2.30. The van der Waals surface area contributed by atoms with Crippen molar-refractivity contribution in [2.24, 2.45) is 0 Å². The van der Waals surface area contributed by atoms with Gasteiger partial charge < -0.3 is 9.88 Å². The lowest BCUT2D eigenvalue weighted by Crippen LogP contribution is -2.20. The number of hydrogen-bond donors (Lipinski definition) is 1. The maximum absolute atomic E-state index is 11.8. The molecule has 19 heavy (non-hydrogen) atoms. The fourth-order valence-corrected chi connectivity index (χ4v) is 1.86. The molecule has 0 radical (unpaired) electrons. The lowest BCUT2D eigenvalue weighted by molar-refractivity contribution is 0.710. The average molecular weight is 258 g/mol. The fraction of sp³-hybridized carbons (Fsp3) is 0.357. The van der Waals surface area contributed by atoms with Gasteiger partial charge in [-0.25, -0.2) is 9.97 Å². The third-order valence-electron chi connectivity index (χ3n) is 2.72. The summed E-state index contributed by atoms with van der Waals surface area (Å²) in [5.41, 5.74) is 1.82. The fourth-order valence-electron chi connectivity index (χ4n) is 1.86. The molecular weight excluding hydrogens is 240 g/mol. The highest BCUT2D eigenvalue weighted by molar-refractivity contribution is 5.35. The van der Waals surface area contributed by atoms with Crippen LogP contribution in [0.5, 0.6) is 0 Å². The lowest BCUT2D eigenvalue weighted by Gasteiger charge is -2.08. The summed E-state index contributed by atoms with van der Waals surface area (Å²) in [5, 5.41) is 3.16. The number of anilines is 1. The van der Waals surface area contributed by atoms with Crippen molar-refractivity contribution in [3.05, 3.63) is 51.8 Å². The van der Waals surface area contributed by atoms with Gasteiger partial charge in [0.15, 0.2) is 5.82 Å². The molecule has 0 aliphatic carbocycles. The zero-order chi connectivity index (χ0) is 13.8. The molecule has 2 aromatic heterocycles. The molecule has 0 aliphatic rings. The number of nitrogens with one attached hydrogen (secondary N) is 1. The van der Waals surface area contributed by atoms with E-state index >= 15 is 0 Å². The van der Waals surface area contributed by atoms with Crippen LogP contribution in [0.4, 0.5) is 5.82 Å². The van der Waals surface area contributed by atoms with E-state index in [0.29, 0.717) is 12.4 Å². The molecule has 2 rings (SSSR count). The molecule has 0 aromatic carbocycles. The van der Waals surface area contributed by atoms with Crippen LogP contribution in [0.2, 0.25) is 0 Å². The van der Waals surface area contributed by atoms with Gasteiger partial charge in [0.25, 0.3) is 5.56 Å². The molecule has 0 unspecified atom stereocenters. The van der Waals surface area contributed by atoms with E-state index in [1.165, 1.54) is 0 Å². The normalized spacial score (nSPS) is 10.5. The van der Waals surface area contributed by atoms with Gasteiger partial charge in [-0.3, -0.25) is 4.79 Å². The number of aromatic nitrogens is 3. The molecular formula is C14H18N4O. The summed E-state index contributed by atoms with van der Waals surface area (Å²) in [4.78, 5) is 20.6. The van der Waals surface area contributed by atoms with Gasteiger partial charge in [0, 0.05) is 30.6 Å². The van der Waals surface area contributed by atoms with Crippen LogP contribution < -0.4 is 10.9 Å². The van der Waals surface area contributed by atoms with E-state index in [0.717, 1.165) is 23.6 Å². The molecule has 2 heterocycles. The van der Waals surface area contributed by atoms with Crippen molar-refractivity contribution in [3.63, 3.8) is 0 Å². The maximum Gasteiger partial charge on any atom is 0.251 e. The Kier molecular flexibility index (Phi) is 3.94. The minimum absolute atomic E-state index is 0.0323. The predicted octanol–water partition coefficient (Wildman–Crippen LogP) is 1.74. The summed E-state index contributed by atoms with van der Waals surface area (Å²) < 4.78 is 1.61. The number of hydrogen-bond acceptors (Lipinski definition) is 4. The van der Waals surface area contributed by atoms with E-state index in [-0.39, 0.29) is 5.56 Å². The van der Waals surface area contributed by atoms with Crippen LogP contribution in [0.1, 0.15) is 24.0 Å². The summed E-state index contributed by atoms with van der Waals surface area (Å²) in [6.45, 7) is 7.03. The molecule has 0 aliphatic heterocycles. The van der Waals surface area contributed by atoms with E-state index < -0.39 is 0 Å². The minimum atomic E-state index is -0.0323. The molecule has 5 heteroatoms. The Morgan fingerprint density at radius 1 is 1.26 bits per heavy atom. The predicted molar refractivity (Wildman–Crippen MR) is 75.5 cm³/mol. The third-order valence-corrected chi connectivity index (χ3v) is 2.72. The molecule has 1 N–H and O–H groups in total. The first-order valence-corrected chi connectivity index (χ1v) is 6.34. The molecule has 0 spiro atoms. The van der Waals surface area contributed by atoms with Gasteiger partial charge in [0.05, 0.1) is 6.54 Å². The van der Waals surface area contributed by atoms with Crippen molar-refractivity contribution < 1.29 is 0 Å². The van der Waals surface area contributed by atoms with Crippen molar-refractivity contribution >= 4 is 5.82 Å². The van der Waals surface area contributed by atoms with Crippen molar-refractivity contribution in [3.8, 4) is 0 Å². The van der Waals surface area contributed by atoms with Gasteiger partial charge in [-0.05, 0) is 32.4 Å². The van der Waals surface area contributed by atoms with Crippen molar-refractivity contribution in [1.29, 1.82) is 0 Å². The van der Waals surface area contributed by atoms with E-state index in [1.54, 1.807) is 16.8 Å². The van der Waals surface area contributed by atoms with Crippen LogP contribution in [-0.2, 0) is 6.54 Å². The standard InChI is InChI=1S/C14H18N4O/c1-4-15-12-8-11(3)16-13(17-12)9-18-6-5-10(2)7-14(18)19/h5-8H,4,9H2,1-3H3,(H,15,16,17). The van der Waals surface area contributed by atoms with E-state index in [1.807, 2.05) is 32.9 Å². The Morgan fingerprint density at radius 3 is 2.74 bits per heavy atom. The highest BCUT2D eigenvalue weighted by Gasteiger charge is 2.04. The summed E-state index contributed by atoms with van der Waals surface area (Å²) in [7, 11) is 0. The molecule has 0 atom stereocenters. The van der Waals surface area contributed by atoms with Crippen LogP contribution in [0.15, 0.2) is 29.2 Å². The third kappa shape index (κ3) is 3.40. The molecule has 0 amide bonds. The summed E-state index contributed by atoms with van der Waals surface area (Å²) in [6.07, 6.45) is 1.77. The maximum atomic E-state index is 11.8. The summed E-state index contributed by atoms with van der Waals surface area (Å²) >= 11 is 0. The first kappa shape index (κ1) is 13.3. The van der Waals surface area contributed by atoms with E-state index in [9.17, 15) is 4.79 Å². The highest BCUT2D eigenvalue weighted by atomic mass is 16.1. The molecule has 0 saturated heterocycles. The smallest absolute Gasteiger partial charge is 0.251 e. The molecule has 2 aromatic rings. The van der Waals surface area contributed by atoms with Crippen LogP contribution in [0.25, 0.3) is 0 Å². The van der Waals surface area contributed by atoms with Crippen molar-refractivity contribution in [2.45, 2.75) is 27.3 Å². The Morgan fingerprint density at radius 2 is 2.05 bits per heavy atom. The monoisotopic (exact) mass is 258 g/mol. The summed E-state index contributed by atoms with van der Waals surface area (Å²) in [5.74, 6) is 1.44. The van der Waals surface area contributed by atoms with Crippen LogP contribution >= 0.6 is 0 Å². The van der Waals surface area contributed by atoms with Gasteiger partial charge in [0.2, 0.25) is 0 Å². The molecule has 0 bridgehead atoms. The van der Waals surface area contributed by atoms with Gasteiger partial charge >= 0.3 is 0 Å². The Labute approximate surface area is 112 Å². The van der Waals surface area contributed by atoms with Crippen molar-refractivity contribution in [1.82, 2.24) is 14.5 Å². The number of aryl methyl sites for hydroxylation is 2. The second-order valence-corrected chi connectivity index (χ2v) is 4.51. The largest absolute Gasteiger partial charge is 0.370 e. The quantitative estimate of drug-likeness (QED) is 0.907. The summed E-state index contributed by atoms with van der Waals surface area (Å²) in [6, 6.07) is 5.41. The zero-order valence-electron chi connectivity index (χ0n) is 11.5. The highest BCUT2D eigenvalue weighted by Crippen LogP contribution is 2.06. The Bertz CT molecular complexity index is 634. The Hall–Kier alpha value is -2.17. The van der Waals surface area contributed by atoms with Gasteiger partial charge in [-0.15, -0.1) is 0 Å². The van der Waals surface area contributed by atoms with E-state index in [4.69, 9.17) is 0 Å². The van der Waals surface area contributed by atoms with Gasteiger partial charge in [0.1, 0.15) is 5.82 Å². The second-order valence-electron chi connectivity index (χ2n) is 4.51. The zero-order valence-corrected chi connectivity index (χ0v) is 11.5. The number of rotatable bonds is 4. The number of pyridine rings is 1. The SMILES string of the molecule is CCNc1cc(C)nc(Cn2ccc(C)cc2=O)n1. The van der Waals surface area contributed by atoms with Gasteiger partial charge in [-0.1, -0.05) is 0 Å². The first-order valence-electron chi connectivity index (χ1n) is 6.34. The topological polar surface area (TPSA) is 59.8 Å². The van der Waals surface area contributed by atoms with Crippen molar-refractivity contribution in [2.75, 3.05) is 11.9 Å². The first-order chi connectivity index (χ1) is 9.08. The van der Waals surface area contributed by atoms with Crippen LogP contribution in [0, 0.1) is 13.8 Å². The minimum Gasteiger partial charge on any atom is -0.370 e. The second kappa shape index (κ2) is 5.65. The molecule has 0 fully saturated rings. The van der Waals surface area contributed by atoms with E-state index in [2.05, 4.69) is 15.3 Å². The average Bonchev–Trinajstić information content (AvgIpc) is 2.32. The molecule has 0 saturated carbocycles.